The van der Waals surface area contributed by atoms with Crippen LogP contribution < -0.4 is 4.90 Å². The van der Waals surface area contributed by atoms with Crippen LogP contribution in [0.1, 0.15) is 27.2 Å². The summed E-state index contributed by atoms with van der Waals surface area (Å²) in [5.74, 6) is -0.426. The first kappa shape index (κ1) is 15.6. The van der Waals surface area contributed by atoms with Gasteiger partial charge in [0.2, 0.25) is 0 Å². The van der Waals surface area contributed by atoms with Gasteiger partial charge in [0.15, 0.2) is 0 Å². The molecule has 0 radical (unpaired) electrons. The largest absolute Gasteiger partial charge is 0.307 e. The van der Waals surface area contributed by atoms with Crippen LogP contribution in [0.25, 0.3) is 10.1 Å². The molecule has 0 atom stereocenters. The maximum atomic E-state index is 13.4. The number of carbonyl (C=O) groups excluding carboxylic acids is 1. The molecule has 2 nitrogen and oxygen atoms in total. The zero-order chi connectivity index (χ0) is 16.8. The Hall–Kier alpha value is -1.91. The van der Waals surface area contributed by atoms with Crippen LogP contribution in [0.15, 0.2) is 36.4 Å². The van der Waals surface area contributed by atoms with Crippen molar-refractivity contribution < 1.29 is 9.18 Å². The number of benzene rings is 2. The third-order valence-electron chi connectivity index (χ3n) is 4.38. The summed E-state index contributed by atoms with van der Waals surface area (Å²) in [4.78, 5) is 15.4. The lowest BCUT2D eigenvalue weighted by Gasteiger charge is -2.29. The van der Waals surface area contributed by atoms with E-state index in [1.54, 1.807) is 11.0 Å². The molecule has 0 bridgehead atoms. The molecule has 3 aromatic rings. The molecule has 0 fully saturated rings. The van der Waals surface area contributed by atoms with Crippen LogP contribution in [-0.2, 0) is 6.42 Å². The topological polar surface area (TPSA) is 20.3 Å². The second-order valence-electron chi connectivity index (χ2n) is 6.08. The molecule has 24 heavy (non-hydrogen) atoms. The van der Waals surface area contributed by atoms with E-state index in [-0.39, 0.29) is 11.7 Å². The minimum atomic E-state index is -0.321. The van der Waals surface area contributed by atoms with Crippen molar-refractivity contribution in [3.8, 4) is 0 Å². The van der Waals surface area contributed by atoms with Crippen molar-refractivity contribution in [3.63, 3.8) is 0 Å². The van der Waals surface area contributed by atoms with Crippen molar-refractivity contribution in [3.05, 3.63) is 63.2 Å². The summed E-state index contributed by atoms with van der Waals surface area (Å²) in [6.45, 7) is 2.73. The SMILES string of the molecule is Cc1ccc2c(c1)CCCN2C(=O)c1sc2cc(F)ccc2c1Cl. The minimum Gasteiger partial charge on any atom is -0.307 e. The fourth-order valence-corrected chi connectivity index (χ4v) is 4.72. The highest BCUT2D eigenvalue weighted by atomic mass is 35.5. The number of hydrogen-bond donors (Lipinski definition) is 0. The van der Waals surface area contributed by atoms with E-state index < -0.39 is 0 Å². The summed E-state index contributed by atoms with van der Waals surface area (Å²) < 4.78 is 14.1. The lowest BCUT2D eigenvalue weighted by atomic mass is 9.99. The molecule has 0 unspecified atom stereocenters. The van der Waals surface area contributed by atoms with E-state index in [9.17, 15) is 9.18 Å². The Labute approximate surface area is 148 Å². The van der Waals surface area contributed by atoms with E-state index in [1.165, 1.54) is 34.6 Å². The molecule has 122 valence electrons. The van der Waals surface area contributed by atoms with Gasteiger partial charge in [-0.3, -0.25) is 4.79 Å². The second-order valence-corrected chi connectivity index (χ2v) is 7.51. The molecule has 0 spiro atoms. The van der Waals surface area contributed by atoms with Gasteiger partial charge < -0.3 is 4.90 Å². The van der Waals surface area contributed by atoms with Gasteiger partial charge in [-0.05, 0) is 49.6 Å². The Morgan fingerprint density at radius 3 is 2.92 bits per heavy atom. The Morgan fingerprint density at radius 2 is 2.08 bits per heavy atom. The molecule has 0 aliphatic carbocycles. The molecule has 4 rings (SSSR count). The van der Waals surface area contributed by atoms with E-state index in [2.05, 4.69) is 13.0 Å². The number of aryl methyl sites for hydroxylation is 2. The number of halogens is 2. The number of hydrogen-bond acceptors (Lipinski definition) is 2. The van der Waals surface area contributed by atoms with Gasteiger partial charge in [-0.1, -0.05) is 29.3 Å². The first-order chi connectivity index (χ1) is 11.5. The molecular formula is C19H15ClFNOS. The number of fused-ring (bicyclic) bond motifs is 2. The van der Waals surface area contributed by atoms with Gasteiger partial charge in [0.05, 0.1) is 5.02 Å². The number of rotatable bonds is 1. The first-order valence-electron chi connectivity index (χ1n) is 7.83. The van der Waals surface area contributed by atoms with Crippen LogP contribution in [-0.4, -0.2) is 12.5 Å². The van der Waals surface area contributed by atoms with E-state index in [0.29, 0.717) is 21.1 Å². The third kappa shape index (κ3) is 2.50. The van der Waals surface area contributed by atoms with Crippen LogP contribution in [0.4, 0.5) is 10.1 Å². The Kier molecular flexibility index (Phi) is 3.82. The maximum Gasteiger partial charge on any atom is 0.269 e. The molecule has 1 aliphatic heterocycles. The molecule has 2 aromatic carbocycles. The molecule has 5 heteroatoms. The molecule has 1 amide bonds. The smallest absolute Gasteiger partial charge is 0.269 e. The first-order valence-corrected chi connectivity index (χ1v) is 9.03. The maximum absolute atomic E-state index is 13.4. The lowest BCUT2D eigenvalue weighted by Crippen LogP contribution is -2.35. The van der Waals surface area contributed by atoms with E-state index in [1.807, 2.05) is 12.1 Å². The van der Waals surface area contributed by atoms with Gasteiger partial charge in [-0.2, -0.15) is 0 Å². The van der Waals surface area contributed by atoms with Crippen molar-refractivity contribution >= 4 is 44.6 Å². The monoisotopic (exact) mass is 359 g/mol. The Balaban J connectivity index is 1.79. The number of thiophene rings is 1. The summed E-state index contributed by atoms with van der Waals surface area (Å²) >= 11 is 7.67. The summed E-state index contributed by atoms with van der Waals surface area (Å²) in [5, 5.41) is 1.15. The van der Waals surface area contributed by atoms with Crippen molar-refractivity contribution in [2.45, 2.75) is 19.8 Å². The average Bonchev–Trinajstić information content (AvgIpc) is 2.89. The van der Waals surface area contributed by atoms with Crippen LogP contribution in [0.5, 0.6) is 0 Å². The van der Waals surface area contributed by atoms with Crippen LogP contribution in [0.2, 0.25) is 5.02 Å². The third-order valence-corrected chi connectivity index (χ3v) is 6.03. The van der Waals surface area contributed by atoms with E-state index >= 15 is 0 Å². The summed E-state index contributed by atoms with van der Waals surface area (Å²) in [6.07, 6.45) is 1.91. The van der Waals surface area contributed by atoms with Crippen molar-refractivity contribution in [1.82, 2.24) is 0 Å². The zero-order valence-corrected chi connectivity index (χ0v) is 14.7. The molecule has 0 saturated carbocycles. The summed E-state index contributed by atoms with van der Waals surface area (Å²) in [7, 11) is 0. The molecule has 0 saturated heterocycles. The lowest BCUT2D eigenvalue weighted by molar-refractivity contribution is 0.0989. The van der Waals surface area contributed by atoms with Gasteiger partial charge in [0, 0.05) is 22.3 Å². The van der Waals surface area contributed by atoms with Gasteiger partial charge in [-0.25, -0.2) is 4.39 Å². The molecule has 1 aliphatic rings. The van der Waals surface area contributed by atoms with Crippen molar-refractivity contribution in [2.75, 3.05) is 11.4 Å². The normalized spacial score (nSPS) is 14.0. The number of carbonyl (C=O) groups is 1. The fraction of sp³-hybridized carbons (Fsp3) is 0.211. The van der Waals surface area contributed by atoms with Gasteiger partial charge in [-0.15, -0.1) is 11.3 Å². The number of anilines is 1. The average molecular weight is 360 g/mol. The Bertz CT molecular complexity index is 965. The summed E-state index contributed by atoms with van der Waals surface area (Å²) in [6, 6.07) is 10.6. The summed E-state index contributed by atoms with van der Waals surface area (Å²) in [5.41, 5.74) is 3.34. The van der Waals surface area contributed by atoms with E-state index in [4.69, 9.17) is 11.6 Å². The van der Waals surface area contributed by atoms with E-state index in [0.717, 1.165) is 23.9 Å². The van der Waals surface area contributed by atoms with Crippen molar-refractivity contribution in [2.24, 2.45) is 0 Å². The van der Waals surface area contributed by atoms with Crippen LogP contribution in [0.3, 0.4) is 0 Å². The highest BCUT2D eigenvalue weighted by molar-refractivity contribution is 7.21. The highest BCUT2D eigenvalue weighted by Crippen LogP contribution is 2.38. The predicted octanol–water partition coefficient (Wildman–Crippen LogP) is 5.60. The van der Waals surface area contributed by atoms with Gasteiger partial charge in [0.25, 0.3) is 5.91 Å². The second kappa shape index (κ2) is 5.87. The predicted molar refractivity (Wildman–Crippen MR) is 98.0 cm³/mol. The highest BCUT2D eigenvalue weighted by Gasteiger charge is 2.27. The van der Waals surface area contributed by atoms with Crippen molar-refractivity contribution in [1.29, 1.82) is 0 Å². The van der Waals surface area contributed by atoms with Gasteiger partial charge >= 0.3 is 0 Å². The van der Waals surface area contributed by atoms with Crippen LogP contribution in [0, 0.1) is 12.7 Å². The molecule has 2 heterocycles. The standard InChI is InChI=1S/C19H15ClFNOS/c1-11-4-7-15-12(9-11)3-2-8-22(15)19(23)18-17(20)14-6-5-13(21)10-16(14)24-18/h4-7,9-10H,2-3,8H2,1H3. The molecule has 1 aromatic heterocycles. The van der Waals surface area contributed by atoms with Crippen LogP contribution >= 0.6 is 22.9 Å². The number of nitrogens with zero attached hydrogens (tertiary/aromatic N) is 1. The molecule has 0 N–H and O–H groups in total. The minimum absolute atomic E-state index is 0.105. The number of amides is 1. The fourth-order valence-electron chi connectivity index (χ4n) is 3.24. The zero-order valence-electron chi connectivity index (χ0n) is 13.1. The quantitative estimate of drug-likeness (QED) is 0.554. The van der Waals surface area contributed by atoms with Gasteiger partial charge in [0.1, 0.15) is 10.7 Å². The Morgan fingerprint density at radius 1 is 1.25 bits per heavy atom. The molecular weight excluding hydrogens is 345 g/mol.